The smallest absolute Gasteiger partial charge is 0.353 e. The van der Waals surface area contributed by atoms with E-state index >= 15 is 0 Å². The van der Waals surface area contributed by atoms with Crippen LogP contribution in [0.15, 0.2) is 33.1 Å². The van der Waals surface area contributed by atoms with Gasteiger partial charge >= 0.3 is 5.97 Å². The SMILES string of the molecule is C[C@@H](O)[C@H]1C(=O)N2C(C(=O)O)=C(Sc3nc4cc(C[N+]56CC[N+](CS(C)(=O)=O)(CC5)CC6)ccc4s3)[C@H](C)[C@H]12. The van der Waals surface area contributed by atoms with E-state index in [1.807, 2.05) is 6.92 Å². The van der Waals surface area contributed by atoms with Gasteiger partial charge in [0, 0.05) is 22.6 Å². The van der Waals surface area contributed by atoms with Crippen molar-refractivity contribution in [2.45, 2.75) is 36.9 Å². The molecule has 2 aromatic rings. The first-order valence-electron chi connectivity index (χ1n) is 13.2. The third-order valence-electron chi connectivity index (χ3n) is 9.11. The van der Waals surface area contributed by atoms with Crippen LogP contribution in [-0.2, 0) is 26.0 Å². The molecule has 2 bridgehead atoms. The number of carbonyl (C=O) groups is 2. The molecule has 2 N–H and O–H groups in total. The first kappa shape index (κ1) is 27.2. The zero-order chi connectivity index (χ0) is 27.9. The van der Waals surface area contributed by atoms with Crippen molar-refractivity contribution in [3.63, 3.8) is 0 Å². The predicted octanol–water partition coefficient (Wildman–Crippen LogP) is 1.71. The highest BCUT2D eigenvalue weighted by Crippen LogP contribution is 2.52. The van der Waals surface area contributed by atoms with Gasteiger partial charge in [-0.2, -0.15) is 0 Å². The Bertz CT molecular complexity index is 1490. The molecule has 0 radical (unpaired) electrons. The number of β-lactam (4-membered cyclic amide) rings is 1. The van der Waals surface area contributed by atoms with Crippen LogP contribution >= 0.6 is 23.1 Å². The molecule has 10 nitrogen and oxygen atoms in total. The van der Waals surface area contributed by atoms with Crippen LogP contribution in [0.25, 0.3) is 10.2 Å². The zero-order valence-electron chi connectivity index (χ0n) is 22.2. The first-order valence-corrected chi connectivity index (χ1v) is 16.9. The quantitative estimate of drug-likeness (QED) is 0.350. The second kappa shape index (κ2) is 9.25. The molecule has 4 fully saturated rings. The topological polar surface area (TPSA) is 125 Å². The van der Waals surface area contributed by atoms with Crippen molar-refractivity contribution in [2.75, 3.05) is 51.4 Å². The number of rotatable bonds is 8. The fourth-order valence-electron chi connectivity index (χ4n) is 7.10. The maximum absolute atomic E-state index is 12.6. The summed E-state index contributed by atoms with van der Waals surface area (Å²) in [6.07, 6.45) is 0.504. The number of aliphatic hydroxyl groups excluding tert-OH is 1. The summed E-state index contributed by atoms with van der Waals surface area (Å²) in [5, 5.41) is 20.0. The number of thiazole rings is 1. The van der Waals surface area contributed by atoms with E-state index in [4.69, 9.17) is 4.98 Å². The van der Waals surface area contributed by atoms with Gasteiger partial charge in [0.25, 0.3) is 0 Å². The number of thioether (sulfide) groups is 1. The lowest BCUT2D eigenvalue weighted by Gasteiger charge is -2.55. The van der Waals surface area contributed by atoms with E-state index in [0.29, 0.717) is 9.39 Å². The predicted molar refractivity (Wildman–Crippen MR) is 148 cm³/mol. The van der Waals surface area contributed by atoms with E-state index in [-0.39, 0.29) is 29.4 Å². The molecule has 4 atom stereocenters. The number of carboxylic acids is 1. The molecule has 6 heterocycles. The molecule has 7 rings (SSSR count). The van der Waals surface area contributed by atoms with E-state index in [1.165, 1.54) is 39.8 Å². The maximum atomic E-state index is 12.6. The van der Waals surface area contributed by atoms with Crippen molar-refractivity contribution < 1.29 is 37.2 Å². The van der Waals surface area contributed by atoms with Crippen LogP contribution < -0.4 is 0 Å². The van der Waals surface area contributed by atoms with Gasteiger partial charge < -0.3 is 19.6 Å². The van der Waals surface area contributed by atoms with Crippen LogP contribution in [0, 0.1) is 11.8 Å². The van der Waals surface area contributed by atoms with E-state index in [0.717, 1.165) is 64.9 Å². The summed E-state index contributed by atoms with van der Waals surface area (Å²) in [6, 6.07) is 6.00. The average Bonchev–Trinajstić information content (AvgIpc) is 3.35. The second-order valence-corrected chi connectivity index (χ2v) is 16.3. The number of hydrogen-bond acceptors (Lipinski definition) is 8. The van der Waals surface area contributed by atoms with Gasteiger partial charge in [0.05, 0.1) is 28.3 Å². The Labute approximate surface area is 236 Å². The van der Waals surface area contributed by atoms with Crippen molar-refractivity contribution >= 4 is 55.0 Å². The lowest BCUT2D eigenvalue weighted by molar-refractivity contribution is -1.08. The monoisotopic (exact) mass is 594 g/mol. The number of benzene rings is 1. The van der Waals surface area contributed by atoms with Crippen molar-refractivity contribution in [1.29, 1.82) is 0 Å². The highest BCUT2D eigenvalue weighted by atomic mass is 32.2. The summed E-state index contributed by atoms with van der Waals surface area (Å²) in [7, 11) is -3.01. The summed E-state index contributed by atoms with van der Waals surface area (Å²) in [5.41, 5.74) is 2.08. The lowest BCUT2D eigenvalue weighted by atomic mass is 9.79. The highest BCUT2D eigenvalue weighted by Gasteiger charge is 2.60. The van der Waals surface area contributed by atoms with Gasteiger partial charge in [0.15, 0.2) is 20.1 Å². The number of hydrogen-bond donors (Lipinski definition) is 2. The van der Waals surface area contributed by atoms with Crippen LogP contribution in [0.1, 0.15) is 19.4 Å². The van der Waals surface area contributed by atoms with Crippen molar-refractivity contribution in [2.24, 2.45) is 11.8 Å². The number of aliphatic hydroxyl groups is 1. The minimum Gasteiger partial charge on any atom is -0.477 e. The molecule has 0 spiro atoms. The molecular weight excluding hydrogens is 561 g/mol. The van der Waals surface area contributed by atoms with Gasteiger partial charge in [-0.15, -0.1) is 11.3 Å². The Hall–Kier alpha value is -2.03. The van der Waals surface area contributed by atoms with Gasteiger partial charge in [0.1, 0.15) is 51.5 Å². The fraction of sp³-hybridized carbons (Fsp3) is 0.577. The molecule has 5 aliphatic rings. The van der Waals surface area contributed by atoms with E-state index < -0.39 is 27.8 Å². The standard InChI is InChI=1S/C26H33N4O6S3/c1-15-21-20(16(2)31)24(32)28(21)22(25(33)34)23(15)38-26-27-18-12-17(4-5-19(18)37-26)13-29-6-9-30(10-7-29,11-8-29)14-39(3,35)36/h4-5,12,15-16,20-21,31H,6-11,13-14H2,1-3H3/q+1/p+1/t15-,16-,20-,21-,29?,30?/m1/s1. The van der Waals surface area contributed by atoms with Gasteiger partial charge in [-0.05, 0) is 19.1 Å². The minimum atomic E-state index is -3.01. The number of nitrogens with zero attached hydrogens (tertiary/aromatic N) is 4. The first-order chi connectivity index (χ1) is 18.3. The lowest BCUT2D eigenvalue weighted by Crippen LogP contribution is -2.75. The van der Waals surface area contributed by atoms with Crippen molar-refractivity contribution in [3.05, 3.63) is 34.4 Å². The molecular formula is C26H34N4O6S3+2. The Balaban J connectivity index is 1.20. The Morgan fingerprint density at radius 1 is 1.21 bits per heavy atom. The number of carbonyl (C=O) groups excluding carboxylic acids is 1. The van der Waals surface area contributed by atoms with Gasteiger partial charge in [-0.1, -0.05) is 24.8 Å². The van der Waals surface area contributed by atoms with Crippen LogP contribution in [0.4, 0.5) is 0 Å². The summed E-state index contributed by atoms with van der Waals surface area (Å²) in [4.78, 5) is 31.6. The largest absolute Gasteiger partial charge is 0.477 e. The molecule has 1 aromatic heterocycles. The molecule has 210 valence electrons. The molecule has 1 amide bonds. The second-order valence-electron chi connectivity index (χ2n) is 11.9. The van der Waals surface area contributed by atoms with E-state index in [9.17, 15) is 28.2 Å². The number of aliphatic carboxylic acids is 1. The van der Waals surface area contributed by atoms with E-state index in [1.54, 1.807) is 6.92 Å². The van der Waals surface area contributed by atoms with Crippen LogP contribution in [-0.4, -0.2) is 113 Å². The molecule has 13 heteroatoms. The number of carboxylic acid groups (broad SMARTS) is 1. The van der Waals surface area contributed by atoms with Crippen molar-refractivity contribution in [1.82, 2.24) is 9.88 Å². The molecule has 0 unspecified atom stereocenters. The van der Waals surface area contributed by atoms with Crippen molar-refractivity contribution in [3.8, 4) is 0 Å². The highest BCUT2D eigenvalue weighted by molar-refractivity contribution is 8.04. The van der Waals surface area contributed by atoms with E-state index in [2.05, 4.69) is 18.2 Å². The zero-order valence-corrected chi connectivity index (χ0v) is 24.7. The van der Waals surface area contributed by atoms with Crippen LogP contribution in [0.3, 0.4) is 0 Å². The van der Waals surface area contributed by atoms with Crippen LogP contribution in [0.2, 0.25) is 0 Å². The molecule has 39 heavy (non-hydrogen) atoms. The Morgan fingerprint density at radius 2 is 1.85 bits per heavy atom. The molecule has 0 saturated carbocycles. The third-order valence-corrected chi connectivity index (χ3v) is 12.5. The van der Waals surface area contributed by atoms with Crippen LogP contribution in [0.5, 0.6) is 0 Å². The maximum Gasteiger partial charge on any atom is 0.353 e. The summed E-state index contributed by atoms with van der Waals surface area (Å²) < 4.78 is 27.3. The molecule has 0 aliphatic carbocycles. The average molecular weight is 595 g/mol. The van der Waals surface area contributed by atoms with Gasteiger partial charge in [-0.25, -0.2) is 18.2 Å². The number of sulfone groups is 1. The number of fused-ring (bicyclic) bond motifs is 5. The minimum absolute atomic E-state index is 0.00990. The summed E-state index contributed by atoms with van der Waals surface area (Å²) in [6.45, 7) is 9.97. The molecule has 4 saturated heterocycles. The number of amides is 1. The third kappa shape index (κ3) is 4.60. The Kier molecular flexibility index (Phi) is 6.44. The number of piperazine rings is 3. The molecule has 1 aromatic carbocycles. The summed E-state index contributed by atoms with van der Waals surface area (Å²) >= 11 is 2.83. The molecule has 5 aliphatic heterocycles. The number of quaternary nitrogens is 2. The fourth-order valence-corrected chi connectivity index (χ4v) is 10.8. The van der Waals surface area contributed by atoms with Gasteiger partial charge in [0.2, 0.25) is 5.91 Å². The Morgan fingerprint density at radius 3 is 2.44 bits per heavy atom. The summed E-state index contributed by atoms with van der Waals surface area (Å²) in [5.74, 6) is -2.02. The van der Waals surface area contributed by atoms with Gasteiger partial charge in [-0.3, -0.25) is 9.28 Å². The number of aromatic nitrogens is 1. The normalized spacial score (nSPS) is 33.0.